The van der Waals surface area contributed by atoms with Crippen LogP contribution in [0.4, 0.5) is 0 Å². The normalized spacial score (nSPS) is 25.4. The van der Waals surface area contributed by atoms with Crippen LogP contribution in [0.5, 0.6) is 0 Å². The molecular formula is C17H24BrNO. The molecule has 1 aromatic carbocycles. The molecule has 110 valence electrons. The minimum absolute atomic E-state index is 0.715. The van der Waals surface area contributed by atoms with Crippen molar-refractivity contribution in [3.63, 3.8) is 0 Å². The Morgan fingerprint density at radius 1 is 1.15 bits per heavy atom. The predicted molar refractivity (Wildman–Crippen MR) is 86.1 cm³/mol. The minimum atomic E-state index is 0.715. The van der Waals surface area contributed by atoms with Crippen molar-refractivity contribution in [2.45, 2.75) is 44.1 Å². The number of halogens is 1. The Kier molecular flexibility index (Phi) is 5.14. The molecule has 0 bridgehead atoms. The first-order valence-corrected chi connectivity index (χ1v) is 8.67. The number of hydrogen-bond donors (Lipinski definition) is 1. The highest BCUT2D eigenvalue weighted by Crippen LogP contribution is 2.37. The smallest absolute Gasteiger partial charge is 0.0494 e. The highest BCUT2D eigenvalue weighted by molar-refractivity contribution is 9.10. The van der Waals surface area contributed by atoms with Gasteiger partial charge in [0.25, 0.3) is 0 Å². The van der Waals surface area contributed by atoms with Crippen molar-refractivity contribution in [1.29, 1.82) is 0 Å². The van der Waals surface area contributed by atoms with Gasteiger partial charge in [-0.05, 0) is 68.2 Å². The monoisotopic (exact) mass is 337 g/mol. The molecule has 0 atom stereocenters. The third kappa shape index (κ3) is 4.31. The fourth-order valence-corrected chi connectivity index (χ4v) is 3.07. The van der Waals surface area contributed by atoms with Crippen LogP contribution in [0.3, 0.4) is 0 Å². The molecule has 3 rings (SSSR count). The Bertz CT molecular complexity index is 410. The van der Waals surface area contributed by atoms with E-state index in [4.69, 9.17) is 4.74 Å². The van der Waals surface area contributed by atoms with Gasteiger partial charge in [0.05, 0.1) is 0 Å². The van der Waals surface area contributed by atoms with E-state index < -0.39 is 0 Å². The summed E-state index contributed by atoms with van der Waals surface area (Å²) >= 11 is 3.49. The van der Waals surface area contributed by atoms with Crippen LogP contribution in [0, 0.1) is 5.92 Å². The van der Waals surface area contributed by atoms with E-state index >= 15 is 0 Å². The second-order valence-electron chi connectivity index (χ2n) is 6.24. The molecule has 2 saturated carbocycles. The minimum Gasteiger partial charge on any atom is -0.381 e. The lowest BCUT2D eigenvalue weighted by atomic mass is 9.76. The van der Waals surface area contributed by atoms with Gasteiger partial charge in [0, 0.05) is 23.7 Å². The van der Waals surface area contributed by atoms with Crippen LogP contribution in [-0.2, 0) is 4.74 Å². The molecule has 0 aromatic heterocycles. The first-order chi connectivity index (χ1) is 9.81. The van der Waals surface area contributed by atoms with Gasteiger partial charge in [0.2, 0.25) is 0 Å². The highest BCUT2D eigenvalue weighted by atomic mass is 79.9. The average Bonchev–Trinajstić information content (AvgIpc) is 3.21. The summed E-state index contributed by atoms with van der Waals surface area (Å²) in [7, 11) is 0. The molecule has 0 heterocycles. The number of benzene rings is 1. The maximum Gasteiger partial charge on any atom is 0.0494 e. The number of ether oxygens (including phenoxy) is 1. The van der Waals surface area contributed by atoms with E-state index in [1.54, 1.807) is 0 Å². The van der Waals surface area contributed by atoms with Crippen molar-refractivity contribution in [2.75, 3.05) is 19.8 Å². The van der Waals surface area contributed by atoms with Crippen molar-refractivity contribution in [3.05, 3.63) is 34.3 Å². The molecule has 3 heteroatoms. The molecule has 20 heavy (non-hydrogen) atoms. The van der Waals surface area contributed by atoms with Gasteiger partial charge in [-0.2, -0.15) is 0 Å². The predicted octanol–water partition coefficient (Wildman–Crippen LogP) is 4.10. The second-order valence-corrected chi connectivity index (χ2v) is 7.16. The van der Waals surface area contributed by atoms with Gasteiger partial charge in [-0.25, -0.2) is 0 Å². The van der Waals surface area contributed by atoms with Gasteiger partial charge in [-0.15, -0.1) is 0 Å². The van der Waals surface area contributed by atoms with E-state index in [2.05, 4.69) is 45.5 Å². The average molecular weight is 338 g/mol. The van der Waals surface area contributed by atoms with E-state index in [0.29, 0.717) is 6.04 Å². The lowest BCUT2D eigenvalue weighted by molar-refractivity contribution is 0.120. The summed E-state index contributed by atoms with van der Waals surface area (Å²) < 4.78 is 6.82. The van der Waals surface area contributed by atoms with Crippen LogP contribution in [0.1, 0.15) is 43.6 Å². The summed E-state index contributed by atoms with van der Waals surface area (Å²) in [5.41, 5.74) is 1.49. The molecule has 2 aliphatic carbocycles. The van der Waals surface area contributed by atoms with E-state index in [1.807, 2.05) is 0 Å². The molecular weight excluding hydrogens is 314 g/mol. The number of hydrogen-bond acceptors (Lipinski definition) is 2. The van der Waals surface area contributed by atoms with Crippen molar-refractivity contribution < 1.29 is 4.74 Å². The molecule has 1 N–H and O–H groups in total. The topological polar surface area (TPSA) is 21.3 Å². The van der Waals surface area contributed by atoms with E-state index in [9.17, 15) is 0 Å². The Balaban J connectivity index is 1.23. The zero-order valence-corrected chi connectivity index (χ0v) is 13.6. The van der Waals surface area contributed by atoms with Crippen LogP contribution in [0.2, 0.25) is 0 Å². The quantitative estimate of drug-likeness (QED) is 0.721. The summed E-state index contributed by atoms with van der Waals surface area (Å²) in [6.45, 7) is 3.02. The largest absolute Gasteiger partial charge is 0.381 e. The van der Waals surface area contributed by atoms with Crippen molar-refractivity contribution >= 4 is 15.9 Å². The molecule has 2 nitrogen and oxygen atoms in total. The van der Waals surface area contributed by atoms with Crippen LogP contribution >= 0.6 is 15.9 Å². The lowest BCUT2D eigenvalue weighted by Crippen LogP contribution is -2.40. The number of nitrogens with one attached hydrogen (secondary N) is 1. The third-order valence-electron chi connectivity index (χ3n) is 4.43. The van der Waals surface area contributed by atoms with Gasteiger partial charge in [0.1, 0.15) is 0 Å². The fourth-order valence-electron chi connectivity index (χ4n) is 2.81. The van der Waals surface area contributed by atoms with Gasteiger partial charge in [0.15, 0.2) is 0 Å². The molecule has 2 fully saturated rings. The van der Waals surface area contributed by atoms with Crippen LogP contribution in [-0.4, -0.2) is 25.8 Å². The van der Waals surface area contributed by atoms with Crippen molar-refractivity contribution in [3.8, 4) is 0 Å². The first-order valence-electron chi connectivity index (χ1n) is 7.88. The fraction of sp³-hybridized carbons (Fsp3) is 0.647. The van der Waals surface area contributed by atoms with E-state index in [-0.39, 0.29) is 0 Å². The van der Waals surface area contributed by atoms with E-state index in [0.717, 1.165) is 38.0 Å². The SMILES string of the molecule is Brc1ccc(C2CC(NCCCOCC3CC3)C2)cc1. The molecule has 0 amide bonds. The molecule has 0 saturated heterocycles. The van der Waals surface area contributed by atoms with Gasteiger partial charge < -0.3 is 10.1 Å². The zero-order valence-electron chi connectivity index (χ0n) is 12.0. The van der Waals surface area contributed by atoms with Gasteiger partial charge in [-0.3, -0.25) is 0 Å². The Labute approximate surface area is 130 Å². The van der Waals surface area contributed by atoms with Crippen LogP contribution in [0.15, 0.2) is 28.7 Å². The van der Waals surface area contributed by atoms with E-state index in [1.165, 1.54) is 35.7 Å². The summed E-state index contributed by atoms with van der Waals surface area (Å²) in [6.07, 6.45) is 6.48. The Hall–Kier alpha value is -0.380. The standard InChI is InChI=1S/C17H24BrNO/c18-16-6-4-14(5-7-16)15-10-17(11-15)19-8-1-9-20-12-13-2-3-13/h4-7,13,15,17,19H,1-3,8-12H2. The molecule has 1 aromatic rings. The molecule has 0 aliphatic heterocycles. The summed E-state index contributed by atoms with van der Waals surface area (Å²) in [4.78, 5) is 0. The lowest BCUT2D eigenvalue weighted by Gasteiger charge is -2.36. The Morgan fingerprint density at radius 2 is 1.90 bits per heavy atom. The molecule has 2 aliphatic rings. The maximum atomic E-state index is 5.65. The summed E-state index contributed by atoms with van der Waals surface area (Å²) in [5.74, 6) is 1.65. The first kappa shape index (κ1) is 14.6. The third-order valence-corrected chi connectivity index (χ3v) is 4.96. The van der Waals surface area contributed by atoms with Gasteiger partial charge in [-0.1, -0.05) is 28.1 Å². The molecule has 0 spiro atoms. The Morgan fingerprint density at radius 3 is 2.60 bits per heavy atom. The van der Waals surface area contributed by atoms with Crippen LogP contribution < -0.4 is 5.32 Å². The van der Waals surface area contributed by atoms with Crippen LogP contribution in [0.25, 0.3) is 0 Å². The summed E-state index contributed by atoms with van der Waals surface area (Å²) in [6, 6.07) is 9.50. The molecule has 0 radical (unpaired) electrons. The second kappa shape index (κ2) is 7.06. The molecule has 0 unspecified atom stereocenters. The maximum absolute atomic E-state index is 5.65. The summed E-state index contributed by atoms with van der Waals surface area (Å²) in [5, 5.41) is 3.64. The highest BCUT2D eigenvalue weighted by Gasteiger charge is 2.29. The van der Waals surface area contributed by atoms with Crippen molar-refractivity contribution in [1.82, 2.24) is 5.32 Å². The van der Waals surface area contributed by atoms with Gasteiger partial charge >= 0.3 is 0 Å². The number of rotatable bonds is 8. The van der Waals surface area contributed by atoms with Crippen molar-refractivity contribution in [2.24, 2.45) is 5.92 Å². The zero-order chi connectivity index (χ0) is 13.8.